The molecular formula is C25H28N4O4. The number of aromatic nitrogens is 2. The Hall–Kier alpha value is -3.68. The lowest BCUT2D eigenvalue weighted by atomic mass is 10.0. The molecule has 1 aliphatic heterocycles. The molecule has 0 radical (unpaired) electrons. The fourth-order valence-electron chi connectivity index (χ4n) is 3.94. The molecule has 8 nitrogen and oxygen atoms in total. The number of benzene rings is 2. The van der Waals surface area contributed by atoms with Crippen LogP contribution in [-0.4, -0.2) is 39.3 Å². The number of hydrogen-bond acceptors (Lipinski definition) is 5. The van der Waals surface area contributed by atoms with Gasteiger partial charge in [0, 0.05) is 24.6 Å². The Balaban J connectivity index is 1.33. The smallest absolute Gasteiger partial charge is 0.258 e. The highest BCUT2D eigenvalue weighted by Crippen LogP contribution is 2.27. The molecule has 0 spiro atoms. The minimum Gasteiger partial charge on any atom is -0.494 e. The summed E-state index contributed by atoms with van der Waals surface area (Å²) in [5, 5.41) is 3.39. The number of anilines is 1. The van der Waals surface area contributed by atoms with Crippen LogP contribution in [0.2, 0.25) is 0 Å². The molecule has 8 heteroatoms. The number of fused-ring (bicyclic) bond motifs is 2. The highest BCUT2D eigenvalue weighted by molar-refractivity contribution is 5.94. The van der Waals surface area contributed by atoms with Crippen LogP contribution >= 0.6 is 0 Å². The minimum absolute atomic E-state index is 0.0161. The lowest BCUT2D eigenvalue weighted by Gasteiger charge is -2.26. The molecule has 2 aromatic carbocycles. The molecule has 1 aliphatic rings. The summed E-state index contributed by atoms with van der Waals surface area (Å²) in [5.74, 6) is 1.22. The normalized spacial score (nSPS) is 13.0. The van der Waals surface area contributed by atoms with E-state index in [0.29, 0.717) is 49.0 Å². The van der Waals surface area contributed by atoms with Gasteiger partial charge in [-0.1, -0.05) is 12.1 Å². The van der Waals surface area contributed by atoms with Gasteiger partial charge in [-0.25, -0.2) is 4.98 Å². The minimum atomic E-state index is -0.204. The zero-order valence-electron chi connectivity index (χ0n) is 18.9. The van der Waals surface area contributed by atoms with Crippen molar-refractivity contribution in [3.8, 4) is 5.75 Å². The number of carbonyl (C=O) groups is 2. The van der Waals surface area contributed by atoms with E-state index in [0.717, 1.165) is 17.0 Å². The van der Waals surface area contributed by atoms with Crippen LogP contribution in [0.5, 0.6) is 5.75 Å². The number of aromatic amines is 1. The van der Waals surface area contributed by atoms with Gasteiger partial charge in [-0.3, -0.25) is 14.4 Å². The highest BCUT2D eigenvalue weighted by atomic mass is 16.5. The molecule has 1 aromatic heterocycles. The zero-order chi connectivity index (χ0) is 23.4. The second-order valence-electron chi connectivity index (χ2n) is 8.46. The maximum absolute atomic E-state index is 12.9. The summed E-state index contributed by atoms with van der Waals surface area (Å²) in [7, 11) is 0. The van der Waals surface area contributed by atoms with E-state index in [1.807, 2.05) is 38.1 Å². The van der Waals surface area contributed by atoms with Gasteiger partial charge in [-0.15, -0.1) is 0 Å². The van der Waals surface area contributed by atoms with Gasteiger partial charge < -0.3 is 19.9 Å². The lowest BCUT2D eigenvalue weighted by Crippen LogP contribution is -2.37. The van der Waals surface area contributed by atoms with Crippen LogP contribution in [0.25, 0.3) is 10.9 Å². The van der Waals surface area contributed by atoms with Crippen molar-refractivity contribution in [2.75, 3.05) is 11.9 Å². The molecule has 2 N–H and O–H groups in total. The average Bonchev–Trinajstić information content (AvgIpc) is 2.80. The van der Waals surface area contributed by atoms with Crippen molar-refractivity contribution in [3.63, 3.8) is 0 Å². The van der Waals surface area contributed by atoms with Crippen molar-refractivity contribution in [1.82, 2.24) is 14.9 Å². The van der Waals surface area contributed by atoms with Gasteiger partial charge in [-0.05, 0) is 62.6 Å². The predicted octanol–water partition coefficient (Wildman–Crippen LogP) is 3.40. The number of nitrogens with zero attached hydrogens (tertiary/aromatic N) is 2. The molecule has 2 amide bonds. The molecule has 4 rings (SSSR count). The molecule has 0 aliphatic carbocycles. The Kier molecular flexibility index (Phi) is 6.72. The Labute approximate surface area is 192 Å². The molecule has 172 valence electrons. The number of aryl methyl sites for hydroxylation is 1. The third-order valence-electron chi connectivity index (χ3n) is 5.70. The molecule has 2 heterocycles. The summed E-state index contributed by atoms with van der Waals surface area (Å²) in [5.41, 5.74) is 2.31. The number of H-pyrrole nitrogens is 1. The Morgan fingerprint density at radius 3 is 2.79 bits per heavy atom. The van der Waals surface area contributed by atoms with E-state index >= 15 is 0 Å². The highest BCUT2D eigenvalue weighted by Gasteiger charge is 2.19. The predicted molar refractivity (Wildman–Crippen MR) is 126 cm³/mol. The molecule has 0 bridgehead atoms. The number of para-hydroxylation sites is 1. The summed E-state index contributed by atoms with van der Waals surface area (Å²) in [6.07, 6.45) is 2.08. The first kappa shape index (κ1) is 22.5. The van der Waals surface area contributed by atoms with E-state index in [1.54, 1.807) is 23.1 Å². The van der Waals surface area contributed by atoms with E-state index in [-0.39, 0.29) is 30.0 Å². The van der Waals surface area contributed by atoms with Crippen molar-refractivity contribution in [1.29, 1.82) is 0 Å². The van der Waals surface area contributed by atoms with Gasteiger partial charge in [0.15, 0.2) is 0 Å². The fraction of sp³-hybridized carbons (Fsp3) is 0.360. The number of hydrogen-bond donors (Lipinski definition) is 2. The summed E-state index contributed by atoms with van der Waals surface area (Å²) < 4.78 is 5.83. The van der Waals surface area contributed by atoms with Gasteiger partial charge in [0.1, 0.15) is 11.6 Å². The van der Waals surface area contributed by atoms with Crippen LogP contribution in [0.1, 0.15) is 44.5 Å². The lowest BCUT2D eigenvalue weighted by molar-refractivity contribution is -0.134. The van der Waals surface area contributed by atoms with Gasteiger partial charge >= 0.3 is 0 Å². The van der Waals surface area contributed by atoms with Crippen molar-refractivity contribution in [3.05, 3.63) is 64.2 Å². The quantitative estimate of drug-likeness (QED) is 0.514. The third-order valence-corrected chi connectivity index (χ3v) is 5.70. The van der Waals surface area contributed by atoms with E-state index in [1.165, 1.54) is 0 Å². The topological polar surface area (TPSA) is 104 Å². The van der Waals surface area contributed by atoms with E-state index in [9.17, 15) is 14.4 Å². The number of rotatable bonds is 8. The first-order valence-corrected chi connectivity index (χ1v) is 11.2. The number of amides is 2. The van der Waals surface area contributed by atoms with Crippen molar-refractivity contribution < 1.29 is 14.3 Å². The summed E-state index contributed by atoms with van der Waals surface area (Å²) >= 11 is 0. The Morgan fingerprint density at radius 1 is 1.15 bits per heavy atom. The molecule has 0 saturated heterocycles. The standard InChI is InChI=1S/C25H28N4O4/c1-16(2)29(15-22-26-21-7-4-3-6-19(21)25(32)28-22)24(31)8-5-13-33-18-10-11-20-17(14-18)9-12-23(30)27-20/h3-4,6-7,10-11,14,16H,5,8-9,12-13,15H2,1-2H3,(H,27,30)(H,26,28,32). The molecule has 33 heavy (non-hydrogen) atoms. The van der Waals surface area contributed by atoms with Crippen molar-refractivity contribution >= 4 is 28.4 Å². The van der Waals surface area contributed by atoms with Gasteiger partial charge in [-0.2, -0.15) is 0 Å². The number of nitrogens with one attached hydrogen (secondary N) is 2. The molecule has 0 atom stereocenters. The maximum atomic E-state index is 12.9. The van der Waals surface area contributed by atoms with Crippen LogP contribution < -0.4 is 15.6 Å². The van der Waals surface area contributed by atoms with Gasteiger partial charge in [0.2, 0.25) is 11.8 Å². The average molecular weight is 449 g/mol. The number of carbonyl (C=O) groups excluding carboxylic acids is 2. The molecule has 3 aromatic rings. The summed E-state index contributed by atoms with van der Waals surface area (Å²) in [6.45, 7) is 4.54. The monoisotopic (exact) mass is 448 g/mol. The molecule has 0 saturated carbocycles. The SMILES string of the molecule is CC(C)N(Cc1nc2ccccc2c(=O)[nH]1)C(=O)CCCOc1ccc2c(c1)CCC(=O)N2. The van der Waals surface area contributed by atoms with Crippen LogP contribution in [0.3, 0.4) is 0 Å². The fourth-order valence-corrected chi connectivity index (χ4v) is 3.94. The molecular weight excluding hydrogens is 420 g/mol. The third kappa shape index (κ3) is 5.39. The van der Waals surface area contributed by atoms with Crippen LogP contribution in [0.15, 0.2) is 47.3 Å². The van der Waals surface area contributed by atoms with Crippen LogP contribution in [0, 0.1) is 0 Å². The number of ether oxygens (including phenoxy) is 1. The van der Waals surface area contributed by atoms with Gasteiger partial charge in [0.05, 0.1) is 24.1 Å². The van der Waals surface area contributed by atoms with E-state index in [4.69, 9.17) is 4.74 Å². The first-order valence-electron chi connectivity index (χ1n) is 11.2. The Morgan fingerprint density at radius 2 is 1.97 bits per heavy atom. The van der Waals surface area contributed by atoms with E-state index in [2.05, 4.69) is 15.3 Å². The largest absolute Gasteiger partial charge is 0.494 e. The second kappa shape index (κ2) is 9.85. The summed E-state index contributed by atoms with van der Waals surface area (Å²) in [6, 6.07) is 12.7. The van der Waals surface area contributed by atoms with Crippen molar-refractivity contribution in [2.45, 2.75) is 52.1 Å². The second-order valence-corrected chi connectivity index (χ2v) is 8.46. The van der Waals surface area contributed by atoms with Crippen LogP contribution in [-0.2, 0) is 22.6 Å². The molecule has 0 unspecified atom stereocenters. The summed E-state index contributed by atoms with van der Waals surface area (Å²) in [4.78, 5) is 45.7. The van der Waals surface area contributed by atoms with Gasteiger partial charge in [0.25, 0.3) is 5.56 Å². The van der Waals surface area contributed by atoms with Crippen LogP contribution in [0.4, 0.5) is 5.69 Å². The van der Waals surface area contributed by atoms with E-state index < -0.39 is 0 Å². The Bertz CT molecular complexity index is 1230. The molecule has 0 fully saturated rings. The van der Waals surface area contributed by atoms with Crippen molar-refractivity contribution in [2.24, 2.45) is 0 Å². The zero-order valence-corrected chi connectivity index (χ0v) is 18.9. The first-order chi connectivity index (χ1) is 15.9. The maximum Gasteiger partial charge on any atom is 0.258 e.